The quantitative estimate of drug-likeness (QED) is 0.323. The zero-order chi connectivity index (χ0) is 19.6. The van der Waals surface area contributed by atoms with Crippen molar-refractivity contribution in [3.05, 3.63) is 61.9 Å². The number of aromatic nitrogens is 1. The number of nitrogens with zero attached hydrogens (tertiary/aromatic N) is 2. The van der Waals surface area contributed by atoms with E-state index in [0.29, 0.717) is 5.56 Å². The lowest BCUT2D eigenvalue weighted by Gasteiger charge is -2.13. The smallest absolute Gasteiger partial charge is 0.345 e. The number of esters is 1. The van der Waals surface area contributed by atoms with E-state index in [1.165, 1.54) is 12.1 Å². The van der Waals surface area contributed by atoms with Gasteiger partial charge in [0.15, 0.2) is 6.61 Å². The Labute approximate surface area is 155 Å². The van der Waals surface area contributed by atoms with Gasteiger partial charge in [-0.25, -0.2) is 4.79 Å². The monoisotopic (exact) mass is 378 g/mol. The lowest BCUT2D eigenvalue weighted by atomic mass is 10.1. The molecule has 1 aromatic carbocycles. The highest BCUT2D eigenvalue weighted by molar-refractivity contribution is 6.31. The van der Waals surface area contributed by atoms with Crippen LogP contribution in [0.5, 0.6) is 0 Å². The highest BCUT2D eigenvalue weighted by Gasteiger charge is 2.24. The minimum Gasteiger partial charge on any atom is -0.454 e. The second-order valence-electron chi connectivity index (χ2n) is 6.17. The van der Waals surface area contributed by atoms with Crippen LogP contribution in [0, 0.1) is 24.0 Å². The molecular formula is C18H19ClN2O5. The number of aryl methyl sites for hydroxylation is 1. The van der Waals surface area contributed by atoms with Gasteiger partial charge in [0, 0.05) is 34.1 Å². The molecule has 26 heavy (non-hydrogen) atoms. The van der Waals surface area contributed by atoms with Gasteiger partial charge in [0.2, 0.25) is 5.78 Å². The first kappa shape index (κ1) is 19.7. The first-order valence-corrected chi connectivity index (χ1v) is 8.34. The largest absolute Gasteiger partial charge is 0.454 e. The van der Waals surface area contributed by atoms with Crippen molar-refractivity contribution in [2.24, 2.45) is 0 Å². The van der Waals surface area contributed by atoms with Crippen LogP contribution >= 0.6 is 11.6 Å². The first-order chi connectivity index (χ1) is 12.1. The number of nitro benzene ring substituents is 1. The van der Waals surface area contributed by atoms with E-state index in [1.54, 1.807) is 6.07 Å². The van der Waals surface area contributed by atoms with E-state index in [-0.39, 0.29) is 22.4 Å². The summed E-state index contributed by atoms with van der Waals surface area (Å²) in [5.74, 6) is -1.31. The van der Waals surface area contributed by atoms with E-state index in [9.17, 15) is 19.7 Å². The van der Waals surface area contributed by atoms with Crippen LogP contribution in [-0.2, 0) is 4.74 Å². The van der Waals surface area contributed by atoms with Gasteiger partial charge in [0.1, 0.15) is 5.56 Å². The van der Waals surface area contributed by atoms with Crippen molar-refractivity contribution in [3.63, 3.8) is 0 Å². The third kappa shape index (κ3) is 3.94. The van der Waals surface area contributed by atoms with Crippen molar-refractivity contribution in [2.45, 2.75) is 33.7 Å². The predicted octanol–water partition coefficient (Wildman–Crippen LogP) is 4.29. The summed E-state index contributed by atoms with van der Waals surface area (Å²) >= 11 is 5.72. The van der Waals surface area contributed by atoms with Gasteiger partial charge in [0.05, 0.1) is 4.92 Å². The Bertz CT molecular complexity index is 886. The number of benzene rings is 1. The lowest BCUT2D eigenvalue weighted by Crippen LogP contribution is -2.16. The Balaban J connectivity index is 2.17. The van der Waals surface area contributed by atoms with Crippen LogP contribution in [0.15, 0.2) is 24.3 Å². The Kier molecular flexibility index (Phi) is 5.82. The zero-order valence-electron chi connectivity index (χ0n) is 14.9. The molecule has 2 aromatic rings. The van der Waals surface area contributed by atoms with Crippen molar-refractivity contribution in [1.82, 2.24) is 4.57 Å². The molecule has 1 aromatic heterocycles. The lowest BCUT2D eigenvalue weighted by molar-refractivity contribution is -0.385. The van der Waals surface area contributed by atoms with Gasteiger partial charge >= 0.3 is 5.97 Å². The van der Waals surface area contributed by atoms with Gasteiger partial charge in [-0.1, -0.05) is 11.6 Å². The average molecular weight is 379 g/mol. The zero-order valence-corrected chi connectivity index (χ0v) is 15.7. The Hall–Kier alpha value is -2.67. The van der Waals surface area contributed by atoms with Gasteiger partial charge < -0.3 is 9.30 Å². The second kappa shape index (κ2) is 7.70. The van der Waals surface area contributed by atoms with Crippen molar-refractivity contribution in [1.29, 1.82) is 0 Å². The summed E-state index contributed by atoms with van der Waals surface area (Å²) in [4.78, 5) is 34.9. The number of hydrogen-bond donors (Lipinski definition) is 0. The maximum Gasteiger partial charge on any atom is 0.345 e. The first-order valence-electron chi connectivity index (χ1n) is 7.96. The molecule has 0 aliphatic heterocycles. The molecule has 0 amide bonds. The topological polar surface area (TPSA) is 91.4 Å². The summed E-state index contributed by atoms with van der Waals surface area (Å²) < 4.78 is 7.01. The molecule has 0 fully saturated rings. The molecule has 0 unspecified atom stereocenters. The molecule has 0 N–H and O–H groups in total. The summed E-state index contributed by atoms with van der Waals surface area (Å²) in [5.41, 5.74) is 1.47. The van der Waals surface area contributed by atoms with Gasteiger partial charge in [-0.3, -0.25) is 14.9 Å². The van der Waals surface area contributed by atoms with Crippen molar-refractivity contribution < 1.29 is 19.2 Å². The fourth-order valence-electron chi connectivity index (χ4n) is 2.97. The van der Waals surface area contributed by atoms with E-state index >= 15 is 0 Å². The number of ether oxygens (including phenoxy) is 1. The number of nitro groups is 1. The number of ketones is 1. The molecule has 0 aliphatic carbocycles. The molecule has 7 nitrogen and oxygen atoms in total. The molecule has 1 heterocycles. The van der Waals surface area contributed by atoms with Crippen LogP contribution in [-0.4, -0.2) is 27.8 Å². The van der Waals surface area contributed by atoms with E-state index in [1.807, 2.05) is 32.3 Å². The molecule has 0 radical (unpaired) electrons. The highest BCUT2D eigenvalue weighted by Crippen LogP contribution is 2.24. The average Bonchev–Trinajstić information content (AvgIpc) is 2.86. The molecular weight excluding hydrogens is 360 g/mol. The van der Waals surface area contributed by atoms with Crippen molar-refractivity contribution in [2.75, 3.05) is 6.61 Å². The Morgan fingerprint density at radius 1 is 1.23 bits per heavy atom. The van der Waals surface area contributed by atoms with Crippen LogP contribution in [0.2, 0.25) is 5.02 Å². The Morgan fingerprint density at radius 2 is 1.88 bits per heavy atom. The Morgan fingerprint density at radius 3 is 2.42 bits per heavy atom. The normalized spacial score (nSPS) is 10.8. The number of Topliss-reactive ketones (excluding diaryl/α,β-unsaturated/α-hetero) is 1. The number of carbonyl (C=O) groups excluding carboxylic acids is 2. The maximum absolute atomic E-state index is 12.4. The van der Waals surface area contributed by atoms with Gasteiger partial charge in [-0.15, -0.1) is 0 Å². The maximum atomic E-state index is 12.4. The van der Waals surface area contributed by atoms with Crippen LogP contribution in [0.4, 0.5) is 5.69 Å². The van der Waals surface area contributed by atoms with Crippen LogP contribution in [0.1, 0.15) is 52.0 Å². The molecule has 0 atom stereocenters. The molecule has 0 spiro atoms. The predicted molar refractivity (Wildman–Crippen MR) is 97.0 cm³/mol. The van der Waals surface area contributed by atoms with Crippen LogP contribution < -0.4 is 0 Å². The summed E-state index contributed by atoms with van der Waals surface area (Å²) in [6.07, 6.45) is 0. The molecule has 0 saturated carbocycles. The molecule has 0 bridgehead atoms. The summed E-state index contributed by atoms with van der Waals surface area (Å²) in [5, 5.41) is 11.2. The van der Waals surface area contributed by atoms with Gasteiger partial charge in [0.25, 0.3) is 5.69 Å². The van der Waals surface area contributed by atoms with E-state index in [2.05, 4.69) is 0 Å². The number of hydrogen-bond acceptors (Lipinski definition) is 5. The SMILES string of the molecule is Cc1cc(C(=O)COC(=O)c2ccc(Cl)cc2[N+](=O)[O-])c(C)n1C(C)C. The van der Waals surface area contributed by atoms with Gasteiger partial charge in [-0.05, 0) is 45.9 Å². The molecule has 0 aliphatic rings. The number of halogens is 1. The molecule has 138 valence electrons. The third-order valence-corrected chi connectivity index (χ3v) is 4.25. The highest BCUT2D eigenvalue weighted by atomic mass is 35.5. The molecule has 0 saturated heterocycles. The standard InChI is InChI=1S/C18H19ClN2O5/c1-10(2)20-11(3)7-15(12(20)4)17(22)9-26-18(23)14-6-5-13(19)8-16(14)21(24)25/h5-8,10H,9H2,1-4H3. The third-order valence-electron chi connectivity index (χ3n) is 4.01. The number of rotatable bonds is 6. The number of carbonyl (C=O) groups is 2. The summed E-state index contributed by atoms with van der Waals surface area (Å²) in [6.45, 7) is 7.24. The van der Waals surface area contributed by atoms with E-state index in [0.717, 1.165) is 17.5 Å². The van der Waals surface area contributed by atoms with Crippen LogP contribution in [0.25, 0.3) is 0 Å². The summed E-state index contributed by atoms with van der Waals surface area (Å²) in [6, 6.07) is 5.56. The fourth-order valence-corrected chi connectivity index (χ4v) is 3.14. The second-order valence-corrected chi connectivity index (χ2v) is 6.60. The van der Waals surface area contributed by atoms with Crippen molar-refractivity contribution >= 4 is 29.0 Å². The summed E-state index contributed by atoms with van der Waals surface area (Å²) in [7, 11) is 0. The molecule has 8 heteroatoms. The van der Waals surface area contributed by atoms with Gasteiger partial charge in [-0.2, -0.15) is 0 Å². The van der Waals surface area contributed by atoms with E-state index < -0.39 is 23.2 Å². The fraction of sp³-hybridized carbons (Fsp3) is 0.333. The minimum atomic E-state index is -0.945. The van der Waals surface area contributed by atoms with Crippen LogP contribution in [0.3, 0.4) is 0 Å². The van der Waals surface area contributed by atoms with E-state index in [4.69, 9.17) is 16.3 Å². The molecule has 2 rings (SSSR count). The minimum absolute atomic E-state index is 0.130. The van der Waals surface area contributed by atoms with Crippen molar-refractivity contribution in [3.8, 4) is 0 Å².